The van der Waals surface area contributed by atoms with Crippen LogP contribution in [0, 0.1) is 5.92 Å². The highest BCUT2D eigenvalue weighted by Gasteiger charge is 2.11. The summed E-state index contributed by atoms with van der Waals surface area (Å²) < 4.78 is 35.5. The molecule has 0 aromatic heterocycles. The summed E-state index contributed by atoms with van der Waals surface area (Å²) in [4.78, 5) is 0. The second-order valence-electron chi connectivity index (χ2n) is 10.5. The quantitative estimate of drug-likeness (QED) is 0.0638. The van der Waals surface area contributed by atoms with E-state index >= 15 is 0 Å². The fourth-order valence-corrected chi connectivity index (χ4v) is 5.04. The molecule has 0 saturated carbocycles. The minimum atomic E-state index is -4.36. The highest BCUT2D eigenvalue weighted by Crippen LogP contribution is 2.17. The zero-order chi connectivity index (χ0) is 25.9. The lowest BCUT2D eigenvalue weighted by Crippen LogP contribution is -2.12. The second kappa shape index (κ2) is 26.7. The Bertz CT molecular complexity index is 545. The molecule has 0 saturated heterocycles. The van der Waals surface area contributed by atoms with Gasteiger partial charge in [-0.2, -0.15) is 8.42 Å². The third-order valence-electron chi connectivity index (χ3n) is 6.99. The molecule has 0 aliphatic heterocycles. The molecule has 1 atom stereocenters. The number of unbranched alkanes of at least 4 members (excludes halogenated alkanes) is 21. The van der Waals surface area contributed by atoms with Gasteiger partial charge in [-0.25, -0.2) is 4.18 Å². The largest absolute Gasteiger partial charge is 0.397 e. The minimum Gasteiger partial charge on any atom is -0.264 e. The normalized spacial score (nSPS) is 13.1. The van der Waals surface area contributed by atoms with Crippen LogP contribution in [0.15, 0.2) is 12.2 Å². The number of hydrogen-bond acceptors (Lipinski definition) is 3. The summed E-state index contributed by atoms with van der Waals surface area (Å²) >= 11 is 0. The zero-order valence-electron chi connectivity index (χ0n) is 23.5. The van der Waals surface area contributed by atoms with Crippen molar-refractivity contribution in [3.63, 3.8) is 0 Å². The zero-order valence-corrected chi connectivity index (χ0v) is 24.3. The first kappa shape index (κ1) is 34.6. The van der Waals surface area contributed by atoms with Crippen LogP contribution >= 0.6 is 0 Å². The van der Waals surface area contributed by atoms with Crippen LogP contribution in [0.5, 0.6) is 0 Å². The maximum absolute atomic E-state index is 11.0. The smallest absolute Gasteiger partial charge is 0.264 e. The summed E-state index contributed by atoms with van der Waals surface area (Å²) in [5, 5.41) is 0. The molecular formula is C30H60O4S. The maximum Gasteiger partial charge on any atom is 0.397 e. The fraction of sp³-hybridized carbons (Fsp3) is 0.933. The molecule has 0 aliphatic rings. The summed E-state index contributed by atoms with van der Waals surface area (Å²) in [7, 11) is -4.36. The Labute approximate surface area is 220 Å². The van der Waals surface area contributed by atoms with Gasteiger partial charge in [-0.15, -0.1) is 0 Å². The van der Waals surface area contributed by atoms with Gasteiger partial charge in [-0.05, 0) is 19.3 Å². The van der Waals surface area contributed by atoms with Gasteiger partial charge in [0.05, 0.1) is 6.61 Å². The molecule has 1 N–H and O–H groups in total. The molecule has 1 unspecified atom stereocenters. The molecule has 210 valence electrons. The van der Waals surface area contributed by atoms with Crippen LogP contribution in [0.25, 0.3) is 0 Å². The van der Waals surface area contributed by atoms with Gasteiger partial charge in [0, 0.05) is 5.92 Å². The maximum atomic E-state index is 11.0. The molecular weight excluding hydrogens is 456 g/mol. The van der Waals surface area contributed by atoms with E-state index in [-0.39, 0.29) is 12.5 Å². The fourth-order valence-electron chi connectivity index (χ4n) is 4.69. The van der Waals surface area contributed by atoms with Crippen LogP contribution in [0.3, 0.4) is 0 Å². The second-order valence-corrected chi connectivity index (χ2v) is 11.6. The van der Waals surface area contributed by atoms with Crippen molar-refractivity contribution in [2.75, 3.05) is 6.61 Å². The van der Waals surface area contributed by atoms with Crippen molar-refractivity contribution < 1.29 is 17.2 Å². The highest BCUT2D eigenvalue weighted by atomic mass is 32.3. The predicted octanol–water partition coefficient (Wildman–Crippen LogP) is 10.4. The van der Waals surface area contributed by atoms with E-state index < -0.39 is 10.4 Å². The Morgan fingerprint density at radius 1 is 0.600 bits per heavy atom. The molecule has 4 nitrogen and oxygen atoms in total. The topological polar surface area (TPSA) is 63.6 Å². The molecule has 0 heterocycles. The van der Waals surface area contributed by atoms with Gasteiger partial charge < -0.3 is 0 Å². The highest BCUT2D eigenvalue weighted by molar-refractivity contribution is 7.80. The van der Waals surface area contributed by atoms with Crippen LogP contribution in [-0.2, 0) is 14.6 Å². The molecule has 0 rings (SSSR count). The molecule has 0 amide bonds. The average Bonchev–Trinajstić information content (AvgIpc) is 2.82. The van der Waals surface area contributed by atoms with Crippen molar-refractivity contribution in [3.8, 4) is 0 Å². The Kier molecular flexibility index (Phi) is 26.4. The van der Waals surface area contributed by atoms with Gasteiger partial charge in [0.2, 0.25) is 0 Å². The lowest BCUT2D eigenvalue weighted by molar-refractivity contribution is 0.234. The van der Waals surface area contributed by atoms with Gasteiger partial charge in [-0.3, -0.25) is 4.55 Å². The standard InChI is InChI=1S/C30H60O4S/c1-3-5-7-9-11-12-13-14-15-16-17-18-19-20-22-24-26-28-30(29-34-35(31,32)33)27-25-23-21-10-8-6-4-2/h26,28,30H,3-25,27,29H2,1-2H3,(H,31,32,33)/b28-26+. The number of allylic oxidation sites excluding steroid dienone is 1. The summed E-state index contributed by atoms with van der Waals surface area (Å²) in [6.07, 6.45) is 35.5. The summed E-state index contributed by atoms with van der Waals surface area (Å²) in [5.74, 6) is 0.0592. The molecule has 5 heteroatoms. The molecule has 0 spiro atoms. The van der Waals surface area contributed by atoms with E-state index in [2.05, 4.69) is 30.2 Å². The Balaban J connectivity index is 3.72. The average molecular weight is 517 g/mol. The SMILES string of the molecule is CCCCCCCCCCCCCCCCC/C=C/C(CCCCCCCCC)COS(=O)(=O)O. The predicted molar refractivity (Wildman–Crippen MR) is 152 cm³/mol. The van der Waals surface area contributed by atoms with Crippen molar-refractivity contribution in [3.05, 3.63) is 12.2 Å². The van der Waals surface area contributed by atoms with E-state index in [9.17, 15) is 8.42 Å². The first-order chi connectivity index (χ1) is 17.0. The first-order valence-corrected chi connectivity index (χ1v) is 16.6. The third-order valence-corrected chi connectivity index (χ3v) is 7.43. The van der Waals surface area contributed by atoms with Gasteiger partial charge in [0.1, 0.15) is 0 Å². The summed E-state index contributed by atoms with van der Waals surface area (Å²) in [6, 6.07) is 0. The first-order valence-electron chi connectivity index (χ1n) is 15.3. The molecule has 0 aromatic rings. The molecule has 0 aromatic carbocycles. The molecule has 0 bridgehead atoms. The Hall–Kier alpha value is -0.390. The van der Waals surface area contributed by atoms with Crippen molar-refractivity contribution >= 4 is 10.4 Å². The molecule has 0 fully saturated rings. The van der Waals surface area contributed by atoms with E-state index in [4.69, 9.17) is 4.55 Å². The van der Waals surface area contributed by atoms with E-state index in [1.165, 1.54) is 135 Å². The van der Waals surface area contributed by atoms with E-state index in [1.807, 2.05) is 0 Å². The van der Waals surface area contributed by atoms with E-state index in [0.29, 0.717) is 0 Å². The third kappa shape index (κ3) is 29.7. The molecule has 35 heavy (non-hydrogen) atoms. The van der Waals surface area contributed by atoms with Crippen LogP contribution in [0.1, 0.15) is 168 Å². The lowest BCUT2D eigenvalue weighted by atomic mass is 9.99. The number of hydrogen-bond donors (Lipinski definition) is 1. The van der Waals surface area contributed by atoms with Crippen molar-refractivity contribution in [2.45, 2.75) is 168 Å². The van der Waals surface area contributed by atoms with Crippen molar-refractivity contribution in [2.24, 2.45) is 5.92 Å². The Morgan fingerprint density at radius 3 is 1.37 bits per heavy atom. The monoisotopic (exact) mass is 516 g/mol. The van der Waals surface area contributed by atoms with Crippen molar-refractivity contribution in [1.29, 1.82) is 0 Å². The lowest BCUT2D eigenvalue weighted by Gasteiger charge is -2.12. The van der Waals surface area contributed by atoms with Crippen LogP contribution < -0.4 is 0 Å². The minimum absolute atomic E-state index is 0.0457. The van der Waals surface area contributed by atoms with Crippen LogP contribution in [0.4, 0.5) is 0 Å². The van der Waals surface area contributed by atoms with Gasteiger partial charge >= 0.3 is 10.4 Å². The van der Waals surface area contributed by atoms with Gasteiger partial charge in [-0.1, -0.05) is 161 Å². The van der Waals surface area contributed by atoms with Gasteiger partial charge in [0.15, 0.2) is 0 Å². The van der Waals surface area contributed by atoms with E-state index in [0.717, 1.165) is 19.3 Å². The van der Waals surface area contributed by atoms with Crippen LogP contribution in [0.2, 0.25) is 0 Å². The van der Waals surface area contributed by atoms with E-state index in [1.54, 1.807) is 0 Å². The summed E-state index contributed by atoms with van der Waals surface area (Å²) in [6.45, 7) is 4.55. The van der Waals surface area contributed by atoms with Crippen molar-refractivity contribution in [1.82, 2.24) is 0 Å². The molecule has 0 radical (unpaired) electrons. The van der Waals surface area contributed by atoms with Crippen LogP contribution in [-0.4, -0.2) is 19.6 Å². The Morgan fingerprint density at radius 2 is 0.971 bits per heavy atom. The molecule has 0 aliphatic carbocycles. The van der Waals surface area contributed by atoms with Gasteiger partial charge in [0.25, 0.3) is 0 Å². The number of rotatable bonds is 28. The summed E-state index contributed by atoms with van der Waals surface area (Å²) in [5.41, 5.74) is 0.